The van der Waals surface area contributed by atoms with E-state index in [4.69, 9.17) is 9.57 Å². The summed E-state index contributed by atoms with van der Waals surface area (Å²) in [6, 6.07) is 0. The number of oxime groups is 1. The molecule has 222 valence electrons. The van der Waals surface area contributed by atoms with Crippen LogP contribution in [0.2, 0.25) is 0 Å². The fourth-order valence-electron chi connectivity index (χ4n) is 8.52. The Morgan fingerprint density at radius 3 is 2.15 bits per heavy atom. The quantitative estimate of drug-likeness (QED) is 0.121. The number of fused-ring (bicyclic) bond motifs is 5. The Morgan fingerprint density at radius 1 is 0.927 bits per heavy atom. The highest BCUT2D eigenvalue weighted by atomic mass is 19.2. The second kappa shape index (κ2) is 10.1. The van der Waals surface area contributed by atoms with E-state index in [1.807, 2.05) is 13.0 Å². The highest BCUT2D eigenvalue weighted by molar-refractivity contribution is 5.97. The minimum Gasteiger partial charge on any atom is -0.451 e. The van der Waals surface area contributed by atoms with Gasteiger partial charge in [-0.15, -0.1) is 0 Å². The van der Waals surface area contributed by atoms with Gasteiger partial charge < -0.3 is 9.57 Å². The average Bonchev–Trinajstić information content (AvgIpc) is 3.21. The van der Waals surface area contributed by atoms with Gasteiger partial charge >= 0.3 is 5.97 Å². The third-order valence-electron chi connectivity index (χ3n) is 10.5. The van der Waals surface area contributed by atoms with Crippen molar-refractivity contribution in [3.05, 3.63) is 57.9 Å². The molecule has 5 nitrogen and oxygen atoms in total. The van der Waals surface area contributed by atoms with Crippen LogP contribution >= 0.6 is 0 Å². The molecular formula is C31H34F5NO4. The first-order valence-corrected chi connectivity index (χ1v) is 14.0. The first-order chi connectivity index (χ1) is 19.2. The van der Waals surface area contributed by atoms with Crippen LogP contribution in [0.1, 0.15) is 78.7 Å². The molecule has 6 unspecified atom stereocenters. The molecule has 10 heteroatoms. The van der Waals surface area contributed by atoms with Crippen LogP contribution in [0.3, 0.4) is 0 Å². The Morgan fingerprint density at radius 2 is 1.54 bits per heavy atom. The van der Waals surface area contributed by atoms with Gasteiger partial charge in [-0.3, -0.25) is 9.59 Å². The third kappa shape index (κ3) is 4.26. The Hall–Kier alpha value is -3.04. The van der Waals surface area contributed by atoms with Gasteiger partial charge in [0.2, 0.25) is 5.82 Å². The lowest BCUT2D eigenvalue weighted by atomic mass is 9.47. The standard InChI is InChI=1S/C31H34F5NO4/c1-15-12-19-21(7-10-30(5)22(19)8-11-31(30,16(2)38)41-17(3)39)29(4)9-6-18(13-23(15)29)37-40-14-20-24(32)26(34)28(36)27(35)25(20)33/h12-13,19,21-22H,6-11,14H2,1-5H3/b37-18+. The van der Waals surface area contributed by atoms with Crippen LogP contribution in [0.5, 0.6) is 0 Å². The van der Waals surface area contributed by atoms with Crippen molar-refractivity contribution >= 4 is 17.5 Å². The molecule has 4 aliphatic carbocycles. The molecule has 1 aromatic rings. The van der Waals surface area contributed by atoms with Crippen molar-refractivity contribution in [1.29, 1.82) is 0 Å². The summed E-state index contributed by atoms with van der Waals surface area (Å²) in [5.74, 6) is -10.1. The van der Waals surface area contributed by atoms with E-state index in [1.165, 1.54) is 13.8 Å². The summed E-state index contributed by atoms with van der Waals surface area (Å²) in [6.07, 6.45) is 8.25. The van der Waals surface area contributed by atoms with Gasteiger partial charge in [-0.1, -0.05) is 30.7 Å². The van der Waals surface area contributed by atoms with E-state index in [2.05, 4.69) is 25.1 Å². The van der Waals surface area contributed by atoms with E-state index >= 15 is 0 Å². The van der Waals surface area contributed by atoms with Crippen LogP contribution in [0.25, 0.3) is 0 Å². The fraction of sp³-hybridized carbons (Fsp3) is 0.581. The minimum atomic E-state index is -2.22. The molecule has 2 fully saturated rings. The summed E-state index contributed by atoms with van der Waals surface area (Å²) in [6.45, 7) is 8.30. The molecular weight excluding hydrogens is 545 g/mol. The summed E-state index contributed by atoms with van der Waals surface area (Å²) in [5, 5.41) is 3.99. The highest BCUT2D eigenvalue weighted by Gasteiger charge is 2.67. The monoisotopic (exact) mass is 579 g/mol. The molecule has 6 atom stereocenters. The predicted octanol–water partition coefficient (Wildman–Crippen LogP) is 7.27. The van der Waals surface area contributed by atoms with E-state index in [9.17, 15) is 31.5 Å². The molecule has 0 bridgehead atoms. The van der Waals surface area contributed by atoms with Crippen LogP contribution in [0.15, 0.2) is 28.5 Å². The first kappa shape index (κ1) is 29.5. The molecule has 0 amide bonds. The highest BCUT2D eigenvalue weighted by Crippen LogP contribution is 2.67. The van der Waals surface area contributed by atoms with Crippen LogP contribution in [0.4, 0.5) is 22.0 Å². The van der Waals surface area contributed by atoms with E-state index in [0.717, 1.165) is 36.8 Å². The molecule has 1 aromatic carbocycles. The Labute approximate surface area is 235 Å². The molecule has 0 saturated heterocycles. The van der Waals surface area contributed by atoms with Gasteiger partial charge in [-0.05, 0) is 87.2 Å². The van der Waals surface area contributed by atoms with Crippen LogP contribution < -0.4 is 0 Å². The molecule has 0 aromatic heterocycles. The van der Waals surface area contributed by atoms with Crippen molar-refractivity contribution in [2.45, 2.75) is 85.4 Å². The summed E-state index contributed by atoms with van der Waals surface area (Å²) >= 11 is 0. The van der Waals surface area contributed by atoms with E-state index in [-0.39, 0.29) is 29.0 Å². The maximum atomic E-state index is 14.0. The maximum Gasteiger partial charge on any atom is 0.303 e. The van der Waals surface area contributed by atoms with Crippen molar-refractivity contribution < 1.29 is 41.1 Å². The fourth-order valence-corrected chi connectivity index (χ4v) is 8.52. The molecule has 0 radical (unpaired) electrons. The van der Waals surface area contributed by atoms with Crippen LogP contribution in [0, 0.1) is 57.7 Å². The normalized spacial score (nSPS) is 35.2. The molecule has 0 N–H and O–H groups in total. The van der Waals surface area contributed by atoms with Crippen molar-refractivity contribution in [1.82, 2.24) is 0 Å². The van der Waals surface area contributed by atoms with E-state index in [0.29, 0.717) is 18.6 Å². The number of benzene rings is 1. The molecule has 4 aliphatic rings. The molecule has 41 heavy (non-hydrogen) atoms. The van der Waals surface area contributed by atoms with E-state index in [1.54, 1.807) is 0 Å². The molecule has 0 heterocycles. The van der Waals surface area contributed by atoms with E-state index < -0.39 is 58.2 Å². The molecule has 2 saturated carbocycles. The number of ether oxygens (including phenoxy) is 1. The largest absolute Gasteiger partial charge is 0.451 e. The topological polar surface area (TPSA) is 65.0 Å². The summed E-state index contributed by atoms with van der Waals surface area (Å²) < 4.78 is 74.2. The number of carbonyl (C=O) groups excluding carboxylic acids is 2. The number of hydrogen-bond donors (Lipinski definition) is 0. The van der Waals surface area contributed by atoms with Gasteiger partial charge in [0.05, 0.1) is 11.3 Å². The number of ketones is 1. The smallest absolute Gasteiger partial charge is 0.303 e. The molecule has 5 rings (SSSR count). The predicted molar refractivity (Wildman–Crippen MR) is 140 cm³/mol. The average molecular weight is 580 g/mol. The SMILES string of the molecule is CC(=O)OC1(C(C)=O)CCC2C3C=C(C)C4=C/C(=N/OCc5c(F)c(F)c(F)c(F)c5F)CCC4(C)C3CCC21C. The Balaban J connectivity index is 1.42. The number of hydrogen-bond acceptors (Lipinski definition) is 5. The number of carbonyl (C=O) groups is 2. The Bertz CT molecular complexity index is 1390. The number of Topliss-reactive ketones (excluding diaryl/α,β-unsaturated/α-hetero) is 1. The van der Waals surface area contributed by atoms with Gasteiger partial charge in [-0.25, -0.2) is 22.0 Å². The van der Waals surface area contributed by atoms with Crippen LogP contribution in [-0.2, 0) is 25.8 Å². The lowest BCUT2D eigenvalue weighted by molar-refractivity contribution is -0.185. The van der Waals surface area contributed by atoms with Gasteiger partial charge in [0.1, 0.15) is 6.61 Å². The van der Waals surface area contributed by atoms with Crippen molar-refractivity contribution in [3.8, 4) is 0 Å². The zero-order valence-electron chi connectivity index (χ0n) is 23.8. The van der Waals surface area contributed by atoms with Gasteiger partial charge in [-0.2, -0.15) is 0 Å². The number of rotatable bonds is 5. The molecule has 0 aliphatic heterocycles. The third-order valence-corrected chi connectivity index (χ3v) is 10.5. The van der Waals surface area contributed by atoms with Crippen molar-refractivity contribution in [2.24, 2.45) is 33.7 Å². The Kier molecular flexibility index (Phi) is 7.22. The zero-order chi connectivity index (χ0) is 30.1. The minimum absolute atomic E-state index is 0.108. The summed E-state index contributed by atoms with van der Waals surface area (Å²) in [5.41, 5.74) is -0.229. The number of allylic oxidation sites excluding steroid dienone is 4. The number of halogens is 5. The van der Waals surface area contributed by atoms with Crippen LogP contribution in [-0.4, -0.2) is 23.1 Å². The van der Waals surface area contributed by atoms with Crippen molar-refractivity contribution in [3.63, 3.8) is 0 Å². The van der Waals surface area contributed by atoms with Gasteiger partial charge in [0, 0.05) is 12.3 Å². The van der Waals surface area contributed by atoms with Crippen molar-refractivity contribution in [2.75, 3.05) is 0 Å². The van der Waals surface area contributed by atoms with Gasteiger partial charge in [0.15, 0.2) is 34.7 Å². The molecule has 0 spiro atoms. The zero-order valence-corrected chi connectivity index (χ0v) is 23.8. The summed E-state index contributed by atoms with van der Waals surface area (Å²) in [4.78, 5) is 30.1. The van der Waals surface area contributed by atoms with Gasteiger partial charge in [0.25, 0.3) is 0 Å². The number of esters is 1. The maximum absolute atomic E-state index is 14.0. The first-order valence-electron chi connectivity index (χ1n) is 14.0. The summed E-state index contributed by atoms with van der Waals surface area (Å²) in [7, 11) is 0. The number of nitrogens with zero attached hydrogens (tertiary/aromatic N) is 1. The second-order valence-corrected chi connectivity index (χ2v) is 12.5. The second-order valence-electron chi connectivity index (χ2n) is 12.5. The lowest BCUT2D eigenvalue weighted by Gasteiger charge is -2.58. The lowest BCUT2D eigenvalue weighted by Crippen LogP contribution is -2.58.